The number of halogens is 3. The van der Waals surface area contributed by atoms with Crippen LogP contribution in [0.4, 0.5) is 13.2 Å². The Morgan fingerprint density at radius 1 is 1.26 bits per heavy atom. The highest BCUT2D eigenvalue weighted by Crippen LogP contribution is 2.14. The molecule has 1 heterocycles. The molecule has 23 heavy (non-hydrogen) atoms. The van der Waals surface area contributed by atoms with E-state index in [1.54, 1.807) is 12.5 Å². The summed E-state index contributed by atoms with van der Waals surface area (Å²) in [5.74, 6) is -4.12. The van der Waals surface area contributed by atoms with Gasteiger partial charge in [-0.15, -0.1) is 0 Å². The molecule has 0 aliphatic rings. The van der Waals surface area contributed by atoms with Crippen molar-refractivity contribution in [3.05, 3.63) is 53.4 Å². The van der Waals surface area contributed by atoms with E-state index in [1.807, 2.05) is 4.57 Å². The Kier molecular flexibility index (Phi) is 5.41. The van der Waals surface area contributed by atoms with Crippen LogP contribution >= 0.6 is 0 Å². The molecule has 0 fully saturated rings. The molecule has 0 bridgehead atoms. The number of imidazole rings is 1. The third-order valence-electron chi connectivity index (χ3n) is 3.24. The Balaban J connectivity index is 1.94. The SMILES string of the molecule is CC(C)Cn1cncc1CNC(=O)Cc1cc(F)c(F)c(F)c1. The minimum atomic E-state index is -1.54. The molecule has 0 atom stereocenters. The lowest BCUT2D eigenvalue weighted by atomic mass is 10.1. The van der Waals surface area contributed by atoms with Crippen molar-refractivity contribution in [1.29, 1.82) is 0 Å². The van der Waals surface area contributed by atoms with Gasteiger partial charge in [-0.1, -0.05) is 13.8 Å². The van der Waals surface area contributed by atoms with Crippen molar-refractivity contribution in [3.63, 3.8) is 0 Å². The maximum Gasteiger partial charge on any atom is 0.224 e. The van der Waals surface area contributed by atoms with Crippen LogP contribution in [0.15, 0.2) is 24.7 Å². The molecule has 7 heteroatoms. The molecule has 1 aromatic heterocycles. The summed E-state index contributed by atoms with van der Waals surface area (Å²) in [5, 5.41) is 2.66. The van der Waals surface area contributed by atoms with E-state index < -0.39 is 23.4 Å². The number of amides is 1. The average Bonchev–Trinajstić information content (AvgIpc) is 2.89. The van der Waals surface area contributed by atoms with Crippen LogP contribution in [0.25, 0.3) is 0 Å². The number of nitrogens with one attached hydrogen (secondary N) is 1. The molecular weight excluding hydrogens is 307 g/mol. The Hall–Kier alpha value is -2.31. The number of carbonyl (C=O) groups is 1. The van der Waals surface area contributed by atoms with Gasteiger partial charge in [0, 0.05) is 12.7 Å². The van der Waals surface area contributed by atoms with E-state index in [0.717, 1.165) is 24.4 Å². The summed E-state index contributed by atoms with van der Waals surface area (Å²) in [6, 6.07) is 1.64. The van der Waals surface area contributed by atoms with Gasteiger partial charge >= 0.3 is 0 Å². The molecular formula is C16H18F3N3O. The summed E-state index contributed by atoms with van der Waals surface area (Å²) in [6.45, 7) is 5.18. The second-order valence-electron chi connectivity index (χ2n) is 5.76. The van der Waals surface area contributed by atoms with Crippen LogP contribution in [-0.2, 0) is 24.3 Å². The molecule has 0 unspecified atom stereocenters. The fourth-order valence-electron chi connectivity index (χ4n) is 2.20. The summed E-state index contributed by atoms with van der Waals surface area (Å²) in [5.41, 5.74) is 0.915. The first-order chi connectivity index (χ1) is 10.9. The zero-order chi connectivity index (χ0) is 17.0. The number of nitrogens with zero attached hydrogens (tertiary/aromatic N) is 2. The van der Waals surface area contributed by atoms with Crippen molar-refractivity contribution in [2.45, 2.75) is 33.4 Å². The highest BCUT2D eigenvalue weighted by atomic mass is 19.2. The van der Waals surface area contributed by atoms with E-state index in [-0.39, 0.29) is 18.5 Å². The maximum atomic E-state index is 13.1. The highest BCUT2D eigenvalue weighted by molar-refractivity contribution is 5.78. The Labute approximate surface area is 132 Å². The highest BCUT2D eigenvalue weighted by Gasteiger charge is 2.13. The summed E-state index contributed by atoms with van der Waals surface area (Å²) in [6.07, 6.45) is 3.11. The Morgan fingerprint density at radius 3 is 2.52 bits per heavy atom. The summed E-state index contributed by atoms with van der Waals surface area (Å²) in [7, 11) is 0. The predicted molar refractivity (Wildman–Crippen MR) is 78.9 cm³/mol. The molecule has 2 aromatic rings. The fraction of sp³-hybridized carbons (Fsp3) is 0.375. The maximum absolute atomic E-state index is 13.1. The van der Waals surface area contributed by atoms with Gasteiger partial charge in [-0.2, -0.15) is 0 Å². The molecule has 1 amide bonds. The molecule has 0 aliphatic heterocycles. The minimum absolute atomic E-state index is 0.0783. The van der Waals surface area contributed by atoms with Crippen molar-refractivity contribution < 1.29 is 18.0 Å². The third kappa shape index (κ3) is 4.58. The molecule has 124 valence electrons. The quantitative estimate of drug-likeness (QED) is 0.830. The molecule has 4 nitrogen and oxygen atoms in total. The van der Waals surface area contributed by atoms with Crippen molar-refractivity contribution in [2.75, 3.05) is 0 Å². The van der Waals surface area contributed by atoms with Crippen LogP contribution in [0.2, 0.25) is 0 Å². The van der Waals surface area contributed by atoms with Gasteiger partial charge in [0.2, 0.25) is 5.91 Å². The largest absolute Gasteiger partial charge is 0.350 e. The van der Waals surface area contributed by atoms with Gasteiger partial charge in [0.1, 0.15) is 0 Å². The van der Waals surface area contributed by atoms with Gasteiger partial charge in [-0.05, 0) is 23.6 Å². The lowest BCUT2D eigenvalue weighted by Crippen LogP contribution is -2.26. The van der Waals surface area contributed by atoms with Crippen molar-refractivity contribution in [2.24, 2.45) is 5.92 Å². The molecule has 0 spiro atoms. The predicted octanol–water partition coefficient (Wildman–Crippen LogP) is 2.82. The second kappa shape index (κ2) is 7.30. The zero-order valence-corrected chi connectivity index (χ0v) is 12.9. The Bertz CT molecular complexity index is 675. The zero-order valence-electron chi connectivity index (χ0n) is 12.9. The number of hydrogen-bond acceptors (Lipinski definition) is 2. The first-order valence-electron chi connectivity index (χ1n) is 7.26. The topological polar surface area (TPSA) is 46.9 Å². The number of benzene rings is 1. The second-order valence-corrected chi connectivity index (χ2v) is 5.76. The van der Waals surface area contributed by atoms with Crippen LogP contribution in [0.1, 0.15) is 25.1 Å². The van der Waals surface area contributed by atoms with Gasteiger partial charge < -0.3 is 9.88 Å². The standard InChI is InChI=1S/C16H18F3N3O/c1-10(2)8-22-9-20-6-12(22)7-21-15(23)5-11-3-13(17)16(19)14(18)4-11/h3-4,6,9-10H,5,7-8H2,1-2H3,(H,21,23). The summed E-state index contributed by atoms with van der Waals surface area (Å²) in [4.78, 5) is 15.9. The first-order valence-corrected chi connectivity index (χ1v) is 7.26. The lowest BCUT2D eigenvalue weighted by molar-refractivity contribution is -0.120. The van der Waals surface area contributed by atoms with Crippen LogP contribution in [0, 0.1) is 23.4 Å². The molecule has 0 saturated carbocycles. The van der Waals surface area contributed by atoms with Gasteiger partial charge in [-0.3, -0.25) is 4.79 Å². The van der Waals surface area contributed by atoms with Crippen molar-refractivity contribution >= 4 is 5.91 Å². The monoisotopic (exact) mass is 325 g/mol. The van der Waals surface area contributed by atoms with Crippen molar-refractivity contribution in [3.8, 4) is 0 Å². The van der Waals surface area contributed by atoms with Gasteiger partial charge in [0.15, 0.2) is 17.5 Å². The molecule has 1 N–H and O–H groups in total. The molecule has 2 rings (SSSR count). The van der Waals surface area contributed by atoms with Crippen LogP contribution in [0.3, 0.4) is 0 Å². The van der Waals surface area contributed by atoms with E-state index in [4.69, 9.17) is 0 Å². The summed E-state index contributed by atoms with van der Waals surface area (Å²) < 4.78 is 41.0. The third-order valence-corrected chi connectivity index (χ3v) is 3.24. The normalized spacial score (nSPS) is 11.0. The fourth-order valence-corrected chi connectivity index (χ4v) is 2.20. The van der Waals surface area contributed by atoms with E-state index in [2.05, 4.69) is 24.1 Å². The number of hydrogen-bond donors (Lipinski definition) is 1. The van der Waals surface area contributed by atoms with Crippen LogP contribution in [0.5, 0.6) is 0 Å². The molecule has 1 aromatic carbocycles. The summed E-state index contributed by atoms with van der Waals surface area (Å²) >= 11 is 0. The first kappa shape index (κ1) is 17.1. The number of rotatable bonds is 6. The van der Waals surface area contributed by atoms with E-state index in [9.17, 15) is 18.0 Å². The van der Waals surface area contributed by atoms with Gasteiger partial charge in [-0.25, -0.2) is 18.2 Å². The minimum Gasteiger partial charge on any atom is -0.350 e. The molecule has 0 aliphatic carbocycles. The van der Waals surface area contributed by atoms with Gasteiger partial charge in [0.05, 0.1) is 25.0 Å². The van der Waals surface area contributed by atoms with E-state index in [0.29, 0.717) is 5.92 Å². The van der Waals surface area contributed by atoms with Gasteiger partial charge in [0.25, 0.3) is 0 Å². The van der Waals surface area contributed by atoms with Crippen LogP contribution in [-0.4, -0.2) is 15.5 Å². The lowest BCUT2D eigenvalue weighted by Gasteiger charge is -2.11. The number of carbonyl (C=O) groups excluding carboxylic acids is 1. The molecule has 0 radical (unpaired) electrons. The number of aromatic nitrogens is 2. The Morgan fingerprint density at radius 2 is 1.91 bits per heavy atom. The smallest absolute Gasteiger partial charge is 0.224 e. The van der Waals surface area contributed by atoms with Crippen molar-refractivity contribution in [1.82, 2.24) is 14.9 Å². The molecule has 0 saturated heterocycles. The van der Waals surface area contributed by atoms with Crippen LogP contribution < -0.4 is 5.32 Å². The average molecular weight is 325 g/mol. The van der Waals surface area contributed by atoms with E-state index in [1.165, 1.54) is 0 Å². The van der Waals surface area contributed by atoms with E-state index >= 15 is 0 Å².